The first-order chi connectivity index (χ1) is 8.26. The first-order valence-electron chi connectivity index (χ1n) is 6.57. The lowest BCUT2D eigenvalue weighted by Gasteiger charge is -2.69. The van der Waals surface area contributed by atoms with Crippen molar-refractivity contribution in [1.29, 1.82) is 0 Å². The topological polar surface area (TPSA) is 0 Å². The van der Waals surface area contributed by atoms with Crippen molar-refractivity contribution in [1.82, 2.24) is 0 Å². The van der Waals surface area contributed by atoms with Gasteiger partial charge in [0.25, 0.3) is 0 Å². The summed E-state index contributed by atoms with van der Waals surface area (Å²) in [4.78, 5) is 0.110. The normalized spacial score (nSPS) is 35.4. The fourth-order valence-corrected chi connectivity index (χ4v) is 9.76. The molecule has 10 unspecified atom stereocenters. The zero-order valence-corrected chi connectivity index (χ0v) is 21.3. The molecule has 8 heteroatoms. The molecule has 0 spiro atoms. The van der Waals surface area contributed by atoms with Crippen LogP contribution in [0.2, 0.25) is 0 Å². The van der Waals surface area contributed by atoms with Crippen molar-refractivity contribution < 1.29 is 0 Å². The predicted octanol–water partition coefficient (Wildman–Crippen LogP) is 4.08. The molecule has 1 rings (SSSR count). The average Bonchev–Trinajstić information content (AvgIpc) is 2.21. The van der Waals surface area contributed by atoms with Gasteiger partial charge in [-0.25, -0.2) is 0 Å². The highest BCUT2D eigenvalue weighted by Crippen LogP contribution is 2.76. The lowest BCUT2D eigenvalue weighted by atomic mass is 9.69. The highest BCUT2D eigenvalue weighted by atomic mass is 31.1. The van der Waals surface area contributed by atoms with Crippen molar-refractivity contribution >= 4 is 73.9 Å². The van der Waals surface area contributed by atoms with Gasteiger partial charge in [0.05, 0.1) is 0 Å². The highest BCUT2D eigenvalue weighted by molar-refractivity contribution is 7.57. The van der Waals surface area contributed by atoms with Gasteiger partial charge in [-0.2, -0.15) is 0 Å². The Morgan fingerprint density at radius 3 is 1.47 bits per heavy atom. The van der Waals surface area contributed by atoms with E-state index in [1.165, 1.54) is 6.42 Å². The van der Waals surface area contributed by atoms with E-state index in [0.717, 1.165) is 0 Å². The largest absolute Gasteiger partial charge is 0.125 e. The molecule has 1 aliphatic carbocycles. The summed E-state index contributed by atoms with van der Waals surface area (Å²) >= 11 is 0. The van der Waals surface area contributed by atoms with Gasteiger partial charge in [-0.3, -0.25) is 0 Å². The molecule has 0 aliphatic heterocycles. The van der Waals surface area contributed by atoms with E-state index in [1.54, 1.807) is 0 Å². The van der Waals surface area contributed by atoms with Crippen LogP contribution in [0.15, 0.2) is 0 Å². The molecule has 0 saturated heterocycles. The van der Waals surface area contributed by atoms with E-state index in [0.29, 0.717) is 17.8 Å². The first-order valence-corrected chi connectivity index (χ1v) is 11.2. The second-order valence-corrected chi connectivity index (χ2v) is 16.5. The molecule has 1 saturated carbocycles. The van der Waals surface area contributed by atoms with Crippen molar-refractivity contribution in [2.45, 2.75) is 46.8 Å². The highest BCUT2D eigenvalue weighted by Gasteiger charge is 2.67. The molecule has 0 aromatic carbocycles. The average molecular weight is 410 g/mol. The van der Waals surface area contributed by atoms with Crippen LogP contribution in [0.3, 0.4) is 0 Å². The van der Waals surface area contributed by atoms with Gasteiger partial charge in [-0.05, 0) is 17.8 Å². The van der Waals surface area contributed by atoms with E-state index in [-0.39, 0.29) is 19.6 Å². The van der Waals surface area contributed by atoms with Gasteiger partial charge in [-0.1, -0.05) is 27.2 Å². The Labute approximate surface area is 138 Å². The van der Waals surface area contributed by atoms with Crippen molar-refractivity contribution in [2.24, 2.45) is 17.8 Å². The fourth-order valence-electron chi connectivity index (χ4n) is 3.54. The van der Waals surface area contributed by atoms with Gasteiger partial charge in [0.15, 0.2) is 0 Å². The lowest BCUT2D eigenvalue weighted by Crippen LogP contribution is -2.68. The van der Waals surface area contributed by atoms with Crippen molar-refractivity contribution in [3.05, 3.63) is 0 Å². The fraction of sp³-hybridized carbons (Fsp3) is 1.00. The molecule has 0 N–H and O–H groups in total. The molecular formula is C11H30P8. The maximum atomic E-state index is 3.14. The van der Waals surface area contributed by atoms with Crippen LogP contribution in [-0.4, -0.2) is 19.6 Å². The third-order valence-corrected chi connectivity index (χ3v) is 16.3. The summed E-state index contributed by atoms with van der Waals surface area (Å²) in [7, 11) is 25.0. The van der Waals surface area contributed by atoms with E-state index in [9.17, 15) is 0 Å². The first kappa shape index (κ1) is 20.5. The van der Waals surface area contributed by atoms with Gasteiger partial charge in [0.2, 0.25) is 0 Å². The van der Waals surface area contributed by atoms with E-state index in [1.807, 2.05) is 0 Å². The summed E-state index contributed by atoms with van der Waals surface area (Å²) in [5.41, 5.74) is 0. The molecule has 114 valence electrons. The summed E-state index contributed by atoms with van der Waals surface area (Å²) in [6.07, 6.45) is 1.19. The SMILES string of the molecule is CCC1C(C(C)C)C(P)(P)C(P)(P)C(P)(P)C1(P)P. The van der Waals surface area contributed by atoms with Crippen molar-refractivity contribution in [3.63, 3.8) is 0 Å². The zero-order chi connectivity index (χ0) is 15.4. The van der Waals surface area contributed by atoms with Crippen molar-refractivity contribution in [2.75, 3.05) is 0 Å². The Kier molecular flexibility index (Phi) is 6.89. The molecule has 0 amide bonds. The predicted molar refractivity (Wildman–Crippen MR) is 121 cm³/mol. The Hall–Kier alpha value is 3.44. The van der Waals surface area contributed by atoms with Gasteiger partial charge in [0, 0.05) is 19.6 Å². The number of rotatable bonds is 2. The second-order valence-electron chi connectivity index (χ2n) is 6.39. The van der Waals surface area contributed by atoms with Crippen molar-refractivity contribution in [3.8, 4) is 0 Å². The Morgan fingerprint density at radius 2 is 1.16 bits per heavy atom. The number of hydrogen-bond acceptors (Lipinski definition) is 0. The third-order valence-electron chi connectivity index (χ3n) is 4.87. The summed E-state index contributed by atoms with van der Waals surface area (Å²) in [6, 6.07) is 0. The summed E-state index contributed by atoms with van der Waals surface area (Å²) < 4.78 is 0. The molecule has 0 radical (unpaired) electrons. The van der Waals surface area contributed by atoms with E-state index >= 15 is 0 Å². The molecule has 0 heterocycles. The minimum atomic E-state index is -0.0191. The van der Waals surface area contributed by atoms with E-state index in [2.05, 4.69) is 94.7 Å². The molecule has 10 atom stereocenters. The van der Waals surface area contributed by atoms with Crippen LogP contribution in [0.4, 0.5) is 0 Å². The second kappa shape index (κ2) is 6.39. The Bertz CT molecular complexity index is 347. The summed E-state index contributed by atoms with van der Waals surface area (Å²) in [5, 5.41) is 0. The van der Waals surface area contributed by atoms with Crippen LogP contribution in [0, 0.1) is 17.8 Å². The Morgan fingerprint density at radius 1 is 0.789 bits per heavy atom. The van der Waals surface area contributed by atoms with Gasteiger partial charge in [-0.15, -0.1) is 73.9 Å². The minimum Gasteiger partial charge on any atom is -0.125 e. The molecule has 1 aliphatic rings. The van der Waals surface area contributed by atoms with Gasteiger partial charge in [0.1, 0.15) is 0 Å². The molecule has 0 aromatic heterocycles. The van der Waals surface area contributed by atoms with Gasteiger partial charge < -0.3 is 0 Å². The van der Waals surface area contributed by atoms with Crippen LogP contribution in [0.25, 0.3) is 0 Å². The van der Waals surface area contributed by atoms with Crippen LogP contribution in [0.5, 0.6) is 0 Å². The van der Waals surface area contributed by atoms with Crippen LogP contribution >= 0.6 is 73.9 Å². The summed E-state index contributed by atoms with van der Waals surface area (Å²) in [5.74, 6) is 1.89. The van der Waals surface area contributed by atoms with Crippen LogP contribution in [-0.2, 0) is 0 Å². The molecule has 0 nitrogen and oxygen atoms in total. The van der Waals surface area contributed by atoms with E-state index < -0.39 is 0 Å². The smallest absolute Gasteiger partial charge is 0.0254 e. The Balaban J connectivity index is 3.54. The molecule has 1 fully saturated rings. The van der Waals surface area contributed by atoms with E-state index in [4.69, 9.17) is 0 Å². The zero-order valence-electron chi connectivity index (χ0n) is 12.1. The molecule has 0 bridgehead atoms. The lowest BCUT2D eigenvalue weighted by molar-refractivity contribution is 0.155. The molecule has 0 aromatic rings. The minimum absolute atomic E-state index is 0.0137. The third kappa shape index (κ3) is 2.95. The standard InChI is InChI=1S/C11H30P8/c1-4-6-7(5(2)3)9(14,15)11(18,19)10(16,17)8(6,12)13/h5-7H,4,12-19H2,1-3H3. The van der Waals surface area contributed by atoms with Crippen LogP contribution < -0.4 is 0 Å². The maximum Gasteiger partial charge on any atom is 0.0254 e. The number of hydrogen-bond donors (Lipinski definition) is 0. The molecular weight excluding hydrogens is 380 g/mol. The quantitative estimate of drug-likeness (QED) is 0.602. The maximum absolute atomic E-state index is 3.14. The molecule has 19 heavy (non-hydrogen) atoms. The monoisotopic (exact) mass is 410 g/mol. The van der Waals surface area contributed by atoms with Crippen LogP contribution in [0.1, 0.15) is 27.2 Å². The summed E-state index contributed by atoms with van der Waals surface area (Å²) in [6.45, 7) is 7.02. The van der Waals surface area contributed by atoms with Gasteiger partial charge >= 0.3 is 0 Å².